The summed E-state index contributed by atoms with van der Waals surface area (Å²) in [6.07, 6.45) is 0. The van der Waals surface area contributed by atoms with E-state index in [1.807, 2.05) is 18.2 Å². The van der Waals surface area contributed by atoms with Crippen LogP contribution in [0.2, 0.25) is 5.02 Å². The van der Waals surface area contributed by atoms with Crippen LogP contribution in [0.25, 0.3) is 0 Å². The second-order valence-electron chi connectivity index (χ2n) is 3.66. The van der Waals surface area contributed by atoms with Crippen LogP contribution in [0.4, 0.5) is 11.4 Å². The van der Waals surface area contributed by atoms with Crippen molar-refractivity contribution in [3.8, 4) is 11.8 Å². The summed E-state index contributed by atoms with van der Waals surface area (Å²) >= 11 is 6.04. The van der Waals surface area contributed by atoms with Gasteiger partial charge in [-0.2, -0.15) is 5.26 Å². The minimum Gasteiger partial charge on any atom is -0.495 e. The van der Waals surface area contributed by atoms with E-state index in [9.17, 15) is 0 Å². The average Bonchev–Trinajstić information content (AvgIpc) is 2.40. The molecule has 0 aliphatic heterocycles. The van der Waals surface area contributed by atoms with Gasteiger partial charge in [-0.25, -0.2) is 0 Å². The Morgan fingerprint density at radius 1 is 1.11 bits per heavy atom. The average molecular weight is 259 g/mol. The van der Waals surface area contributed by atoms with Gasteiger partial charge in [0.2, 0.25) is 0 Å². The minimum atomic E-state index is 0.552. The molecule has 3 nitrogen and oxygen atoms in total. The maximum atomic E-state index is 8.71. The maximum absolute atomic E-state index is 8.71. The molecule has 2 rings (SSSR count). The predicted molar refractivity (Wildman–Crippen MR) is 72.4 cm³/mol. The normalized spacial score (nSPS) is 9.61. The van der Waals surface area contributed by atoms with Crippen LogP contribution in [-0.2, 0) is 0 Å². The number of ether oxygens (including phenoxy) is 1. The van der Waals surface area contributed by atoms with Gasteiger partial charge in [0.15, 0.2) is 0 Å². The summed E-state index contributed by atoms with van der Waals surface area (Å²) in [5.74, 6) is 0.641. The van der Waals surface area contributed by atoms with Crippen molar-refractivity contribution in [2.45, 2.75) is 0 Å². The van der Waals surface area contributed by atoms with Crippen LogP contribution < -0.4 is 10.1 Å². The molecule has 0 radical (unpaired) electrons. The monoisotopic (exact) mass is 258 g/mol. The molecule has 0 aliphatic carbocycles. The fourth-order valence-corrected chi connectivity index (χ4v) is 1.80. The summed E-state index contributed by atoms with van der Waals surface area (Å²) in [5.41, 5.74) is 2.40. The Hall–Kier alpha value is -2.18. The molecule has 0 atom stereocenters. The Labute approximate surface area is 111 Å². The van der Waals surface area contributed by atoms with Crippen LogP contribution in [0.15, 0.2) is 42.5 Å². The number of nitriles is 1. The van der Waals surface area contributed by atoms with Crippen molar-refractivity contribution in [2.24, 2.45) is 0 Å². The van der Waals surface area contributed by atoms with Crippen LogP contribution in [0.5, 0.6) is 5.75 Å². The van der Waals surface area contributed by atoms with E-state index in [2.05, 4.69) is 11.4 Å². The third-order valence-corrected chi connectivity index (χ3v) is 2.75. The quantitative estimate of drug-likeness (QED) is 0.906. The highest BCUT2D eigenvalue weighted by molar-refractivity contribution is 6.32. The zero-order chi connectivity index (χ0) is 13.0. The Morgan fingerprint density at radius 3 is 2.33 bits per heavy atom. The second-order valence-corrected chi connectivity index (χ2v) is 4.07. The molecule has 0 amide bonds. The molecular weight excluding hydrogens is 248 g/mol. The molecule has 2 aromatic rings. The largest absolute Gasteiger partial charge is 0.495 e. The van der Waals surface area contributed by atoms with Crippen LogP contribution in [0.3, 0.4) is 0 Å². The summed E-state index contributed by atoms with van der Waals surface area (Å²) in [4.78, 5) is 0. The molecule has 0 aromatic heterocycles. The van der Waals surface area contributed by atoms with Crippen LogP contribution in [0, 0.1) is 11.3 Å². The number of nitrogens with one attached hydrogen (secondary N) is 1. The highest BCUT2D eigenvalue weighted by atomic mass is 35.5. The molecule has 18 heavy (non-hydrogen) atoms. The van der Waals surface area contributed by atoms with E-state index in [1.165, 1.54) is 0 Å². The van der Waals surface area contributed by atoms with Gasteiger partial charge in [-0.15, -0.1) is 0 Å². The first-order valence-corrected chi connectivity index (χ1v) is 5.71. The molecule has 4 heteroatoms. The van der Waals surface area contributed by atoms with E-state index in [0.29, 0.717) is 16.3 Å². The number of methoxy groups -OCH3 is 1. The van der Waals surface area contributed by atoms with Gasteiger partial charge in [0.1, 0.15) is 5.75 Å². The topological polar surface area (TPSA) is 45.0 Å². The van der Waals surface area contributed by atoms with Gasteiger partial charge in [-0.3, -0.25) is 0 Å². The van der Waals surface area contributed by atoms with Gasteiger partial charge in [0.25, 0.3) is 0 Å². The van der Waals surface area contributed by atoms with Crippen molar-refractivity contribution in [1.29, 1.82) is 5.26 Å². The molecule has 0 unspecified atom stereocenters. The van der Waals surface area contributed by atoms with Crippen molar-refractivity contribution < 1.29 is 4.74 Å². The number of rotatable bonds is 3. The lowest BCUT2D eigenvalue weighted by atomic mass is 10.2. The predicted octanol–water partition coefficient (Wildman–Crippen LogP) is 3.96. The van der Waals surface area contributed by atoms with E-state index in [1.54, 1.807) is 31.4 Å². The van der Waals surface area contributed by atoms with Gasteiger partial charge in [0.05, 0.1) is 23.8 Å². The van der Waals surface area contributed by atoms with E-state index in [4.69, 9.17) is 21.6 Å². The Kier molecular flexibility index (Phi) is 3.71. The lowest BCUT2D eigenvalue weighted by Crippen LogP contribution is -1.91. The summed E-state index contributed by atoms with van der Waals surface area (Å²) < 4.78 is 5.08. The van der Waals surface area contributed by atoms with Gasteiger partial charge in [-0.1, -0.05) is 11.6 Å². The summed E-state index contributed by atoms with van der Waals surface area (Å²) in [5, 5.41) is 12.5. The number of nitrogens with zero attached hydrogens (tertiary/aromatic N) is 1. The summed E-state index contributed by atoms with van der Waals surface area (Å²) in [7, 11) is 1.58. The summed E-state index contributed by atoms with van der Waals surface area (Å²) in [6.45, 7) is 0. The van der Waals surface area contributed by atoms with Gasteiger partial charge in [0, 0.05) is 11.4 Å². The van der Waals surface area contributed by atoms with Gasteiger partial charge in [-0.05, 0) is 42.5 Å². The minimum absolute atomic E-state index is 0.552. The Morgan fingerprint density at radius 2 is 1.78 bits per heavy atom. The van der Waals surface area contributed by atoms with Crippen LogP contribution in [0.1, 0.15) is 5.56 Å². The summed E-state index contributed by atoms with van der Waals surface area (Å²) in [6, 6.07) is 14.7. The number of benzene rings is 2. The molecule has 0 aliphatic rings. The third kappa shape index (κ3) is 2.73. The fourth-order valence-electron chi connectivity index (χ4n) is 1.54. The standard InChI is InChI=1S/C14H11ClN2O/c1-18-14-7-6-12(8-13(14)15)17-11-4-2-10(9-16)3-5-11/h2-8,17H,1H3. The molecule has 1 N–H and O–H groups in total. The molecular formula is C14H11ClN2O. The molecule has 0 saturated heterocycles. The first kappa shape index (κ1) is 12.3. The molecule has 0 bridgehead atoms. The smallest absolute Gasteiger partial charge is 0.137 e. The van der Waals surface area contributed by atoms with Crippen molar-refractivity contribution in [3.05, 3.63) is 53.1 Å². The van der Waals surface area contributed by atoms with Gasteiger partial charge < -0.3 is 10.1 Å². The third-order valence-electron chi connectivity index (χ3n) is 2.45. The van der Waals surface area contributed by atoms with Crippen molar-refractivity contribution >= 4 is 23.0 Å². The molecule has 0 fully saturated rings. The number of anilines is 2. The molecule has 0 spiro atoms. The zero-order valence-corrected chi connectivity index (χ0v) is 10.5. The number of hydrogen-bond acceptors (Lipinski definition) is 3. The van der Waals surface area contributed by atoms with E-state index in [-0.39, 0.29) is 0 Å². The highest BCUT2D eigenvalue weighted by Gasteiger charge is 2.02. The SMILES string of the molecule is COc1ccc(Nc2ccc(C#N)cc2)cc1Cl. The molecule has 0 saturated carbocycles. The maximum Gasteiger partial charge on any atom is 0.137 e. The molecule has 90 valence electrons. The first-order chi connectivity index (χ1) is 8.72. The lowest BCUT2D eigenvalue weighted by Gasteiger charge is -2.08. The van der Waals surface area contributed by atoms with Crippen LogP contribution >= 0.6 is 11.6 Å². The zero-order valence-electron chi connectivity index (χ0n) is 9.77. The van der Waals surface area contributed by atoms with Crippen molar-refractivity contribution in [1.82, 2.24) is 0 Å². The fraction of sp³-hybridized carbons (Fsp3) is 0.0714. The highest BCUT2D eigenvalue weighted by Crippen LogP contribution is 2.28. The van der Waals surface area contributed by atoms with Gasteiger partial charge >= 0.3 is 0 Å². The Bertz CT molecular complexity index is 588. The second kappa shape index (κ2) is 5.44. The van der Waals surface area contributed by atoms with E-state index < -0.39 is 0 Å². The molecule has 2 aromatic carbocycles. The van der Waals surface area contributed by atoms with E-state index >= 15 is 0 Å². The number of halogens is 1. The lowest BCUT2D eigenvalue weighted by molar-refractivity contribution is 0.415. The van der Waals surface area contributed by atoms with Crippen molar-refractivity contribution in [2.75, 3.05) is 12.4 Å². The van der Waals surface area contributed by atoms with Crippen LogP contribution in [-0.4, -0.2) is 7.11 Å². The molecule has 0 heterocycles. The first-order valence-electron chi connectivity index (χ1n) is 5.33. The van der Waals surface area contributed by atoms with E-state index in [0.717, 1.165) is 11.4 Å². The van der Waals surface area contributed by atoms with Crippen molar-refractivity contribution in [3.63, 3.8) is 0 Å². The Balaban J connectivity index is 2.18. The number of hydrogen-bond donors (Lipinski definition) is 1.